The zero-order valence-electron chi connectivity index (χ0n) is 11.8. The summed E-state index contributed by atoms with van der Waals surface area (Å²) in [5, 5.41) is 14.6. The molecule has 21 heavy (non-hydrogen) atoms. The van der Waals surface area contributed by atoms with E-state index in [1.54, 1.807) is 6.07 Å². The van der Waals surface area contributed by atoms with Gasteiger partial charge in [-0.25, -0.2) is 4.39 Å². The van der Waals surface area contributed by atoms with Crippen LogP contribution in [0.4, 0.5) is 4.39 Å². The lowest BCUT2D eigenvalue weighted by Gasteiger charge is -2.32. The Morgan fingerprint density at radius 1 is 1.43 bits per heavy atom. The number of likely N-dealkylation sites (tertiary alicyclic amines) is 1. The van der Waals surface area contributed by atoms with Crippen molar-refractivity contribution < 1.29 is 14.0 Å². The second-order valence-electron chi connectivity index (χ2n) is 5.67. The van der Waals surface area contributed by atoms with Gasteiger partial charge in [-0.3, -0.25) is 0 Å². The molecular formula is C15H20FN3O2. The second-order valence-corrected chi connectivity index (χ2v) is 5.67. The Morgan fingerprint density at radius 3 is 2.90 bits per heavy atom. The first-order valence-corrected chi connectivity index (χ1v) is 7.32. The topological polar surface area (TPSA) is 75.5 Å². The minimum Gasteiger partial charge on any atom is -0.390 e. The SMILES string of the molecule is NCC(O)CN1CCC(c2noc3cc(F)ccc23)CC1. The molecule has 6 heteroatoms. The maximum atomic E-state index is 13.2. The Kier molecular flexibility index (Phi) is 4.19. The Labute approximate surface area is 122 Å². The van der Waals surface area contributed by atoms with Crippen molar-refractivity contribution in [3.63, 3.8) is 0 Å². The fourth-order valence-electron chi connectivity index (χ4n) is 2.99. The predicted molar refractivity (Wildman–Crippen MR) is 77.4 cm³/mol. The highest BCUT2D eigenvalue weighted by Gasteiger charge is 2.25. The molecule has 0 spiro atoms. The van der Waals surface area contributed by atoms with Gasteiger partial charge in [-0.1, -0.05) is 5.16 Å². The minimum absolute atomic E-state index is 0.291. The van der Waals surface area contributed by atoms with Crippen LogP contribution < -0.4 is 5.73 Å². The molecule has 3 N–H and O–H groups in total. The van der Waals surface area contributed by atoms with Crippen molar-refractivity contribution in [3.05, 3.63) is 29.7 Å². The van der Waals surface area contributed by atoms with Crippen molar-refractivity contribution in [3.8, 4) is 0 Å². The second kappa shape index (κ2) is 6.09. The maximum absolute atomic E-state index is 13.2. The summed E-state index contributed by atoms with van der Waals surface area (Å²) < 4.78 is 18.4. The number of hydrogen-bond acceptors (Lipinski definition) is 5. The van der Waals surface area contributed by atoms with Crippen molar-refractivity contribution in [1.29, 1.82) is 0 Å². The number of aliphatic hydroxyl groups excluding tert-OH is 1. The van der Waals surface area contributed by atoms with Crippen LogP contribution in [-0.2, 0) is 0 Å². The normalized spacial score (nSPS) is 19.2. The monoisotopic (exact) mass is 293 g/mol. The third kappa shape index (κ3) is 3.07. The molecule has 1 atom stereocenters. The molecule has 114 valence electrons. The van der Waals surface area contributed by atoms with Crippen molar-refractivity contribution in [2.24, 2.45) is 5.73 Å². The zero-order chi connectivity index (χ0) is 14.8. The molecule has 1 aromatic carbocycles. The quantitative estimate of drug-likeness (QED) is 0.892. The lowest BCUT2D eigenvalue weighted by Crippen LogP contribution is -2.40. The van der Waals surface area contributed by atoms with Gasteiger partial charge in [-0.15, -0.1) is 0 Å². The summed E-state index contributed by atoms with van der Waals surface area (Å²) in [5.41, 5.74) is 6.86. The maximum Gasteiger partial charge on any atom is 0.170 e. The van der Waals surface area contributed by atoms with E-state index in [0.717, 1.165) is 37.0 Å². The summed E-state index contributed by atoms with van der Waals surface area (Å²) >= 11 is 0. The average Bonchev–Trinajstić information content (AvgIpc) is 2.90. The zero-order valence-corrected chi connectivity index (χ0v) is 11.8. The number of fused-ring (bicyclic) bond motifs is 1. The number of nitrogens with two attached hydrogens (primary N) is 1. The molecule has 5 nitrogen and oxygen atoms in total. The van der Waals surface area contributed by atoms with Crippen LogP contribution in [0.15, 0.2) is 22.7 Å². The third-order valence-corrected chi connectivity index (χ3v) is 4.18. The standard InChI is InChI=1S/C15H20FN3O2/c16-11-1-2-13-14(7-11)21-18-15(13)10-3-5-19(6-4-10)9-12(20)8-17/h1-2,7,10,12,20H,3-6,8-9,17H2. The van der Waals surface area contributed by atoms with Crippen LogP contribution in [0.3, 0.4) is 0 Å². The van der Waals surface area contributed by atoms with Crippen LogP contribution in [-0.4, -0.2) is 47.4 Å². The van der Waals surface area contributed by atoms with Gasteiger partial charge in [0.1, 0.15) is 5.82 Å². The van der Waals surface area contributed by atoms with Gasteiger partial charge in [0.25, 0.3) is 0 Å². The van der Waals surface area contributed by atoms with E-state index < -0.39 is 6.10 Å². The Morgan fingerprint density at radius 2 is 2.19 bits per heavy atom. The minimum atomic E-state index is -0.461. The highest BCUT2D eigenvalue weighted by Crippen LogP contribution is 2.32. The fraction of sp³-hybridized carbons (Fsp3) is 0.533. The summed E-state index contributed by atoms with van der Waals surface area (Å²) in [6, 6.07) is 4.55. The number of nitrogens with zero attached hydrogens (tertiary/aromatic N) is 2. The molecule has 1 aliphatic rings. The summed E-state index contributed by atoms with van der Waals surface area (Å²) in [6.07, 6.45) is 1.45. The van der Waals surface area contributed by atoms with E-state index in [2.05, 4.69) is 10.1 Å². The van der Waals surface area contributed by atoms with Crippen molar-refractivity contribution in [2.45, 2.75) is 24.9 Å². The fourth-order valence-corrected chi connectivity index (χ4v) is 2.99. The van der Waals surface area contributed by atoms with E-state index in [0.29, 0.717) is 24.6 Å². The highest BCUT2D eigenvalue weighted by molar-refractivity contribution is 5.79. The number of piperidine rings is 1. The van der Waals surface area contributed by atoms with Gasteiger partial charge >= 0.3 is 0 Å². The van der Waals surface area contributed by atoms with E-state index >= 15 is 0 Å². The average molecular weight is 293 g/mol. The van der Waals surface area contributed by atoms with E-state index in [-0.39, 0.29) is 5.82 Å². The molecule has 0 saturated carbocycles. The third-order valence-electron chi connectivity index (χ3n) is 4.18. The van der Waals surface area contributed by atoms with Gasteiger partial charge in [0.15, 0.2) is 5.58 Å². The van der Waals surface area contributed by atoms with Gasteiger partial charge in [0.05, 0.1) is 11.8 Å². The van der Waals surface area contributed by atoms with Crippen molar-refractivity contribution in [2.75, 3.05) is 26.2 Å². The predicted octanol–water partition coefficient (Wildman–Crippen LogP) is 1.47. The van der Waals surface area contributed by atoms with Crippen LogP contribution in [0.25, 0.3) is 11.0 Å². The summed E-state index contributed by atoms with van der Waals surface area (Å²) in [6.45, 7) is 2.71. The molecule has 1 saturated heterocycles. The van der Waals surface area contributed by atoms with Crippen molar-refractivity contribution in [1.82, 2.24) is 10.1 Å². The highest BCUT2D eigenvalue weighted by atomic mass is 19.1. The first-order valence-electron chi connectivity index (χ1n) is 7.32. The van der Waals surface area contributed by atoms with Crippen LogP contribution in [0.1, 0.15) is 24.5 Å². The Balaban J connectivity index is 1.68. The van der Waals surface area contributed by atoms with Gasteiger partial charge in [-0.2, -0.15) is 0 Å². The lowest BCUT2D eigenvalue weighted by molar-refractivity contribution is 0.102. The van der Waals surface area contributed by atoms with Gasteiger partial charge in [0.2, 0.25) is 0 Å². The molecule has 3 rings (SSSR count). The van der Waals surface area contributed by atoms with Crippen LogP contribution in [0, 0.1) is 5.82 Å². The van der Waals surface area contributed by atoms with Crippen LogP contribution in [0.5, 0.6) is 0 Å². The first-order chi connectivity index (χ1) is 10.2. The number of hydrogen-bond donors (Lipinski definition) is 2. The molecule has 0 bridgehead atoms. The van der Waals surface area contributed by atoms with Gasteiger partial charge in [0, 0.05) is 30.5 Å². The van der Waals surface area contributed by atoms with Crippen LogP contribution in [0.2, 0.25) is 0 Å². The molecule has 1 aromatic heterocycles. The van der Waals surface area contributed by atoms with Crippen molar-refractivity contribution >= 4 is 11.0 Å². The Hall–Kier alpha value is -1.50. The number of aliphatic hydroxyl groups is 1. The first kappa shape index (κ1) is 14.4. The molecule has 0 aliphatic carbocycles. The summed E-state index contributed by atoms with van der Waals surface area (Å²) in [7, 11) is 0. The van der Waals surface area contributed by atoms with E-state index in [9.17, 15) is 9.50 Å². The number of aromatic nitrogens is 1. The van der Waals surface area contributed by atoms with Gasteiger partial charge < -0.3 is 20.3 Å². The smallest absolute Gasteiger partial charge is 0.170 e. The molecule has 1 fully saturated rings. The molecule has 2 aromatic rings. The molecule has 1 aliphatic heterocycles. The summed E-state index contributed by atoms with van der Waals surface area (Å²) in [4.78, 5) is 2.22. The van der Waals surface area contributed by atoms with Gasteiger partial charge in [-0.05, 0) is 38.1 Å². The molecule has 1 unspecified atom stereocenters. The number of benzene rings is 1. The number of β-amino-alcohol motifs (C(OH)–C–C–N with tert-alkyl or cyclic N) is 1. The molecular weight excluding hydrogens is 273 g/mol. The van der Waals surface area contributed by atoms with E-state index in [1.807, 2.05) is 0 Å². The molecule has 0 amide bonds. The number of rotatable bonds is 4. The lowest BCUT2D eigenvalue weighted by atomic mass is 9.91. The Bertz CT molecular complexity index is 608. The summed E-state index contributed by atoms with van der Waals surface area (Å²) in [5.74, 6) is 0.0128. The number of halogens is 1. The largest absolute Gasteiger partial charge is 0.390 e. The molecule has 0 radical (unpaired) electrons. The molecule has 2 heterocycles. The van der Waals surface area contributed by atoms with E-state index in [1.165, 1.54) is 12.1 Å². The van der Waals surface area contributed by atoms with E-state index in [4.69, 9.17) is 10.3 Å². The van der Waals surface area contributed by atoms with Crippen LogP contribution >= 0.6 is 0 Å².